The van der Waals surface area contributed by atoms with Crippen molar-refractivity contribution in [2.75, 3.05) is 13.2 Å². The van der Waals surface area contributed by atoms with Gasteiger partial charge in [0.15, 0.2) is 0 Å². The molecule has 0 aliphatic heterocycles. The highest BCUT2D eigenvalue weighted by Crippen LogP contribution is 2.37. The van der Waals surface area contributed by atoms with Gasteiger partial charge in [0, 0.05) is 6.54 Å². The lowest BCUT2D eigenvalue weighted by Gasteiger charge is -2.14. The van der Waals surface area contributed by atoms with Crippen molar-refractivity contribution in [3.05, 3.63) is 53.6 Å². The molecule has 0 aliphatic rings. The third kappa shape index (κ3) is 4.15. The molecule has 6 heteroatoms. The van der Waals surface area contributed by atoms with Gasteiger partial charge in [0.2, 0.25) is 0 Å². The molecule has 0 aliphatic carbocycles. The molecule has 2 N–H and O–H groups in total. The van der Waals surface area contributed by atoms with E-state index in [1.54, 1.807) is 31.2 Å². The molecule has 22 heavy (non-hydrogen) atoms. The van der Waals surface area contributed by atoms with Crippen molar-refractivity contribution in [3.8, 4) is 16.9 Å². The Bertz CT molecular complexity index is 629. The van der Waals surface area contributed by atoms with Crippen LogP contribution in [0.1, 0.15) is 11.1 Å². The lowest BCUT2D eigenvalue weighted by Crippen LogP contribution is -2.11. The van der Waals surface area contributed by atoms with E-state index in [0.29, 0.717) is 24.5 Å². The van der Waals surface area contributed by atoms with Gasteiger partial charge in [-0.1, -0.05) is 24.3 Å². The van der Waals surface area contributed by atoms with Crippen LogP contribution >= 0.6 is 12.4 Å². The lowest BCUT2D eigenvalue weighted by molar-refractivity contribution is -0.137. The van der Waals surface area contributed by atoms with Crippen LogP contribution < -0.4 is 10.5 Å². The summed E-state index contributed by atoms with van der Waals surface area (Å²) in [5.74, 6) is 0.633. The molecule has 0 fully saturated rings. The second kappa shape index (κ2) is 7.51. The van der Waals surface area contributed by atoms with E-state index >= 15 is 0 Å². The number of aryl methyl sites for hydroxylation is 1. The van der Waals surface area contributed by atoms with Crippen molar-refractivity contribution < 1.29 is 17.9 Å². The molecule has 120 valence electrons. The maximum Gasteiger partial charge on any atom is 0.417 e. The van der Waals surface area contributed by atoms with Gasteiger partial charge in [0.1, 0.15) is 12.4 Å². The SMILES string of the molecule is Cc1cc(-c2ccccc2C(F)(F)F)ccc1OCCN.Cl. The van der Waals surface area contributed by atoms with Gasteiger partial charge in [-0.05, 0) is 41.8 Å². The van der Waals surface area contributed by atoms with Crippen molar-refractivity contribution in [2.45, 2.75) is 13.1 Å². The van der Waals surface area contributed by atoms with Crippen LogP contribution in [-0.2, 0) is 6.18 Å². The summed E-state index contributed by atoms with van der Waals surface area (Å²) >= 11 is 0. The summed E-state index contributed by atoms with van der Waals surface area (Å²) in [5.41, 5.74) is 6.18. The second-order valence-corrected chi connectivity index (χ2v) is 4.66. The molecule has 0 bridgehead atoms. The highest BCUT2D eigenvalue weighted by atomic mass is 35.5. The second-order valence-electron chi connectivity index (χ2n) is 4.66. The molecule has 2 nitrogen and oxygen atoms in total. The van der Waals surface area contributed by atoms with Gasteiger partial charge < -0.3 is 10.5 Å². The molecule has 0 unspecified atom stereocenters. The largest absolute Gasteiger partial charge is 0.492 e. The topological polar surface area (TPSA) is 35.2 Å². The van der Waals surface area contributed by atoms with Crippen molar-refractivity contribution >= 4 is 12.4 Å². The van der Waals surface area contributed by atoms with Crippen molar-refractivity contribution in [2.24, 2.45) is 5.73 Å². The first-order valence-corrected chi connectivity index (χ1v) is 6.53. The number of hydrogen-bond acceptors (Lipinski definition) is 2. The minimum Gasteiger partial charge on any atom is -0.492 e. The minimum absolute atomic E-state index is 0. The van der Waals surface area contributed by atoms with Crippen molar-refractivity contribution in [1.29, 1.82) is 0 Å². The van der Waals surface area contributed by atoms with Crippen LogP contribution in [-0.4, -0.2) is 13.2 Å². The first-order valence-electron chi connectivity index (χ1n) is 6.53. The Balaban J connectivity index is 0.00000242. The summed E-state index contributed by atoms with van der Waals surface area (Å²) in [6.07, 6.45) is -4.38. The molecule has 0 saturated heterocycles. The Kier molecular flexibility index (Phi) is 6.26. The molecular formula is C16H17ClF3NO. The van der Waals surface area contributed by atoms with Crippen LogP contribution in [0.3, 0.4) is 0 Å². The van der Waals surface area contributed by atoms with E-state index in [1.165, 1.54) is 12.1 Å². The van der Waals surface area contributed by atoms with E-state index < -0.39 is 11.7 Å². The number of rotatable bonds is 4. The van der Waals surface area contributed by atoms with Crippen LogP contribution in [0.25, 0.3) is 11.1 Å². The van der Waals surface area contributed by atoms with E-state index in [-0.39, 0.29) is 18.0 Å². The zero-order valence-electron chi connectivity index (χ0n) is 12.0. The number of alkyl halides is 3. The maximum atomic E-state index is 13.0. The standard InChI is InChI=1S/C16H16F3NO.ClH/c1-11-10-12(6-7-15(11)21-9-8-20)13-4-2-3-5-14(13)16(17,18)19;/h2-7,10H,8-9,20H2,1H3;1H. The van der Waals surface area contributed by atoms with E-state index in [2.05, 4.69) is 0 Å². The number of hydrogen-bond donors (Lipinski definition) is 1. The molecular weight excluding hydrogens is 315 g/mol. The first-order chi connectivity index (χ1) is 9.93. The van der Waals surface area contributed by atoms with Crippen LogP contribution in [0.4, 0.5) is 13.2 Å². The molecule has 2 aromatic rings. The van der Waals surface area contributed by atoms with Crippen LogP contribution in [0.2, 0.25) is 0 Å². The van der Waals surface area contributed by atoms with Crippen molar-refractivity contribution in [1.82, 2.24) is 0 Å². The quantitative estimate of drug-likeness (QED) is 0.899. The summed E-state index contributed by atoms with van der Waals surface area (Å²) in [6.45, 7) is 2.56. The Morgan fingerprint density at radius 1 is 1.09 bits per heavy atom. The normalized spacial score (nSPS) is 11.0. The molecule has 0 atom stereocenters. The van der Waals surface area contributed by atoms with E-state index in [9.17, 15) is 13.2 Å². The predicted octanol–water partition coefficient (Wildman–Crippen LogP) is 4.44. The lowest BCUT2D eigenvalue weighted by atomic mass is 9.98. The fourth-order valence-electron chi connectivity index (χ4n) is 2.13. The first kappa shape index (κ1) is 18.3. The van der Waals surface area contributed by atoms with E-state index in [4.69, 9.17) is 10.5 Å². The maximum absolute atomic E-state index is 13.0. The fraction of sp³-hybridized carbons (Fsp3) is 0.250. The average molecular weight is 332 g/mol. The summed E-state index contributed by atoms with van der Waals surface area (Å²) in [5, 5.41) is 0. The predicted molar refractivity (Wildman–Crippen MR) is 83.4 cm³/mol. The summed E-state index contributed by atoms with van der Waals surface area (Å²) in [4.78, 5) is 0. The van der Waals surface area contributed by atoms with Gasteiger partial charge in [-0.15, -0.1) is 12.4 Å². The molecule has 0 heterocycles. The summed E-state index contributed by atoms with van der Waals surface area (Å²) in [7, 11) is 0. The van der Waals surface area contributed by atoms with Crippen molar-refractivity contribution in [3.63, 3.8) is 0 Å². The molecule has 0 radical (unpaired) electrons. The molecule has 0 spiro atoms. The van der Waals surface area contributed by atoms with E-state index in [1.807, 2.05) is 0 Å². The Hall–Kier alpha value is -1.72. The molecule has 0 aromatic heterocycles. The number of benzene rings is 2. The van der Waals surface area contributed by atoms with Gasteiger partial charge in [-0.3, -0.25) is 0 Å². The molecule has 2 aromatic carbocycles. The van der Waals surface area contributed by atoms with Gasteiger partial charge in [0.05, 0.1) is 5.56 Å². The zero-order valence-corrected chi connectivity index (χ0v) is 12.8. The third-order valence-electron chi connectivity index (χ3n) is 3.09. The van der Waals surface area contributed by atoms with Crippen LogP contribution in [0, 0.1) is 6.92 Å². The molecule has 0 amide bonds. The third-order valence-corrected chi connectivity index (χ3v) is 3.09. The molecule has 2 rings (SSSR count). The van der Waals surface area contributed by atoms with Crippen LogP contribution in [0.15, 0.2) is 42.5 Å². The van der Waals surface area contributed by atoms with E-state index in [0.717, 1.165) is 11.6 Å². The number of nitrogens with two attached hydrogens (primary N) is 1. The minimum atomic E-state index is -4.38. The van der Waals surface area contributed by atoms with Crippen LogP contribution in [0.5, 0.6) is 5.75 Å². The Morgan fingerprint density at radius 2 is 1.77 bits per heavy atom. The highest BCUT2D eigenvalue weighted by molar-refractivity contribution is 5.85. The zero-order chi connectivity index (χ0) is 15.5. The smallest absolute Gasteiger partial charge is 0.417 e. The Labute approximate surface area is 133 Å². The fourth-order valence-corrected chi connectivity index (χ4v) is 2.13. The number of halogens is 4. The Morgan fingerprint density at radius 3 is 2.36 bits per heavy atom. The number of ether oxygens (including phenoxy) is 1. The van der Waals surface area contributed by atoms with Gasteiger partial charge in [-0.25, -0.2) is 0 Å². The monoisotopic (exact) mass is 331 g/mol. The summed E-state index contributed by atoms with van der Waals surface area (Å²) < 4.78 is 44.6. The van der Waals surface area contributed by atoms with Gasteiger partial charge >= 0.3 is 6.18 Å². The summed E-state index contributed by atoms with van der Waals surface area (Å²) in [6, 6.07) is 10.5. The average Bonchev–Trinajstić information content (AvgIpc) is 2.45. The molecule has 0 saturated carbocycles. The van der Waals surface area contributed by atoms with Gasteiger partial charge in [-0.2, -0.15) is 13.2 Å². The highest BCUT2D eigenvalue weighted by Gasteiger charge is 2.33. The van der Waals surface area contributed by atoms with Gasteiger partial charge in [0.25, 0.3) is 0 Å².